The smallest absolute Gasteiger partial charge is 0.252 e. The van der Waals surface area contributed by atoms with E-state index in [9.17, 15) is 4.79 Å². The highest BCUT2D eigenvalue weighted by atomic mass is 16.5. The van der Waals surface area contributed by atoms with Crippen LogP contribution >= 0.6 is 0 Å². The highest BCUT2D eigenvalue weighted by molar-refractivity contribution is 5.93. The maximum atomic E-state index is 12.4. The molecule has 2 aliphatic carbocycles. The molecule has 112 valence electrons. The highest BCUT2D eigenvalue weighted by Crippen LogP contribution is 2.57. The van der Waals surface area contributed by atoms with Gasteiger partial charge in [0.1, 0.15) is 5.75 Å². The molecule has 0 aliphatic heterocycles. The van der Waals surface area contributed by atoms with Gasteiger partial charge >= 0.3 is 0 Å². The predicted octanol–water partition coefficient (Wildman–Crippen LogP) is 1.62. The SMILES string of the molecule is COc1ccc([C@H]2C3CCC(C3)[C@@H]2C(=O)N=C(N)N)cc1. The number of ether oxygens (including phenoxy) is 1. The second-order valence-corrected chi connectivity index (χ2v) is 6.03. The standard InChI is InChI=1S/C16H21N3O2/c1-21-12-6-4-9(5-7-12)13-10-2-3-11(8-10)14(13)15(20)19-16(17)18/h4-7,10-11,13-14H,2-3,8H2,1H3,(H4,17,18,19,20)/t10?,11?,13-,14-/m0/s1. The lowest BCUT2D eigenvalue weighted by atomic mass is 9.75. The second kappa shape index (κ2) is 5.39. The summed E-state index contributed by atoms with van der Waals surface area (Å²) in [5.41, 5.74) is 11.9. The van der Waals surface area contributed by atoms with Crippen molar-refractivity contribution in [3.63, 3.8) is 0 Å². The summed E-state index contributed by atoms with van der Waals surface area (Å²) in [5, 5.41) is 0. The largest absolute Gasteiger partial charge is 0.497 e. The Balaban J connectivity index is 1.90. The molecule has 1 aromatic carbocycles. The molecule has 2 fully saturated rings. The van der Waals surface area contributed by atoms with Gasteiger partial charge in [0.15, 0.2) is 5.96 Å². The van der Waals surface area contributed by atoms with E-state index in [1.807, 2.05) is 12.1 Å². The lowest BCUT2D eigenvalue weighted by Crippen LogP contribution is -2.31. The van der Waals surface area contributed by atoms with Crippen LogP contribution in [0.5, 0.6) is 5.75 Å². The van der Waals surface area contributed by atoms with Crippen LogP contribution in [0.25, 0.3) is 0 Å². The van der Waals surface area contributed by atoms with Crippen molar-refractivity contribution < 1.29 is 9.53 Å². The average Bonchev–Trinajstić information content (AvgIpc) is 3.07. The highest BCUT2D eigenvalue weighted by Gasteiger charge is 2.51. The summed E-state index contributed by atoms with van der Waals surface area (Å²) >= 11 is 0. The number of benzene rings is 1. The van der Waals surface area contributed by atoms with Crippen LogP contribution in [0.1, 0.15) is 30.7 Å². The third-order valence-corrected chi connectivity index (χ3v) is 4.94. The van der Waals surface area contributed by atoms with Crippen LogP contribution in [0.3, 0.4) is 0 Å². The van der Waals surface area contributed by atoms with Gasteiger partial charge in [-0.1, -0.05) is 12.1 Å². The molecule has 5 nitrogen and oxygen atoms in total. The minimum Gasteiger partial charge on any atom is -0.497 e. The first-order valence-corrected chi connectivity index (χ1v) is 7.37. The molecule has 2 saturated carbocycles. The number of guanidine groups is 1. The lowest BCUT2D eigenvalue weighted by molar-refractivity contribution is -0.123. The van der Waals surface area contributed by atoms with E-state index in [4.69, 9.17) is 16.2 Å². The zero-order valence-electron chi connectivity index (χ0n) is 12.2. The van der Waals surface area contributed by atoms with Crippen LogP contribution in [-0.4, -0.2) is 19.0 Å². The van der Waals surface area contributed by atoms with E-state index in [1.54, 1.807) is 7.11 Å². The fraction of sp³-hybridized carbons (Fsp3) is 0.500. The van der Waals surface area contributed by atoms with Crippen LogP contribution < -0.4 is 16.2 Å². The number of carbonyl (C=O) groups excluding carboxylic acids is 1. The zero-order chi connectivity index (χ0) is 15.0. The molecule has 0 heterocycles. The summed E-state index contributed by atoms with van der Waals surface area (Å²) in [6, 6.07) is 8.01. The maximum absolute atomic E-state index is 12.4. The number of nitrogens with zero attached hydrogens (tertiary/aromatic N) is 1. The Kier molecular flexibility index (Phi) is 3.57. The first-order chi connectivity index (χ1) is 10.1. The summed E-state index contributed by atoms with van der Waals surface area (Å²) in [6.45, 7) is 0. The monoisotopic (exact) mass is 287 g/mol. The Bertz CT molecular complexity index is 563. The Morgan fingerprint density at radius 1 is 1.19 bits per heavy atom. The molecule has 2 bridgehead atoms. The van der Waals surface area contributed by atoms with E-state index < -0.39 is 0 Å². The molecule has 3 rings (SSSR count). The first kappa shape index (κ1) is 13.9. The number of fused-ring (bicyclic) bond motifs is 2. The van der Waals surface area contributed by atoms with E-state index in [0.717, 1.165) is 18.6 Å². The molecule has 1 amide bonds. The van der Waals surface area contributed by atoms with Gasteiger partial charge < -0.3 is 16.2 Å². The van der Waals surface area contributed by atoms with Crippen LogP contribution in [-0.2, 0) is 4.79 Å². The molecular weight excluding hydrogens is 266 g/mol. The van der Waals surface area contributed by atoms with Crippen molar-refractivity contribution in [2.24, 2.45) is 34.2 Å². The van der Waals surface area contributed by atoms with E-state index in [0.29, 0.717) is 11.8 Å². The average molecular weight is 287 g/mol. The van der Waals surface area contributed by atoms with Gasteiger partial charge in [-0.2, -0.15) is 4.99 Å². The van der Waals surface area contributed by atoms with E-state index in [2.05, 4.69) is 17.1 Å². The number of amides is 1. The van der Waals surface area contributed by atoms with Gasteiger partial charge in [-0.15, -0.1) is 0 Å². The molecule has 2 unspecified atom stereocenters. The lowest BCUT2D eigenvalue weighted by Gasteiger charge is -2.29. The number of carbonyl (C=O) groups is 1. The third-order valence-electron chi connectivity index (χ3n) is 4.94. The van der Waals surface area contributed by atoms with Crippen LogP contribution in [0, 0.1) is 17.8 Å². The Morgan fingerprint density at radius 3 is 2.48 bits per heavy atom. The molecule has 0 spiro atoms. The summed E-state index contributed by atoms with van der Waals surface area (Å²) in [4.78, 5) is 16.2. The Labute approximate surface area is 124 Å². The van der Waals surface area contributed by atoms with Crippen molar-refractivity contribution in [1.29, 1.82) is 0 Å². The fourth-order valence-electron chi connectivity index (χ4n) is 4.15. The molecule has 4 N–H and O–H groups in total. The summed E-state index contributed by atoms with van der Waals surface area (Å²) in [6.07, 6.45) is 3.40. The van der Waals surface area contributed by atoms with Crippen molar-refractivity contribution in [1.82, 2.24) is 0 Å². The summed E-state index contributed by atoms with van der Waals surface area (Å²) in [5.74, 6) is 1.64. The topological polar surface area (TPSA) is 90.7 Å². The molecule has 21 heavy (non-hydrogen) atoms. The second-order valence-electron chi connectivity index (χ2n) is 6.03. The summed E-state index contributed by atoms with van der Waals surface area (Å²) in [7, 11) is 1.65. The summed E-state index contributed by atoms with van der Waals surface area (Å²) < 4.78 is 5.20. The number of rotatable bonds is 3. The Hall–Kier alpha value is -2.04. The van der Waals surface area contributed by atoms with Gasteiger partial charge in [0.05, 0.1) is 13.0 Å². The minimum atomic E-state index is -0.164. The number of nitrogens with two attached hydrogens (primary N) is 2. The Morgan fingerprint density at radius 2 is 1.86 bits per heavy atom. The van der Waals surface area contributed by atoms with E-state index >= 15 is 0 Å². The van der Waals surface area contributed by atoms with Gasteiger partial charge in [0.2, 0.25) is 0 Å². The number of methoxy groups -OCH3 is 1. The van der Waals surface area contributed by atoms with Gasteiger partial charge in [-0.25, -0.2) is 0 Å². The van der Waals surface area contributed by atoms with Gasteiger partial charge in [0, 0.05) is 0 Å². The van der Waals surface area contributed by atoms with Crippen molar-refractivity contribution in [2.75, 3.05) is 7.11 Å². The third kappa shape index (κ3) is 2.48. The predicted molar refractivity (Wildman–Crippen MR) is 80.9 cm³/mol. The molecule has 2 aliphatic rings. The van der Waals surface area contributed by atoms with Crippen molar-refractivity contribution >= 4 is 11.9 Å². The molecule has 5 heteroatoms. The van der Waals surface area contributed by atoms with Crippen LogP contribution in [0.2, 0.25) is 0 Å². The molecule has 0 aromatic heterocycles. The number of hydrogen-bond acceptors (Lipinski definition) is 2. The van der Waals surface area contributed by atoms with Crippen molar-refractivity contribution in [3.8, 4) is 5.75 Å². The first-order valence-electron chi connectivity index (χ1n) is 7.37. The molecular formula is C16H21N3O2. The van der Waals surface area contributed by atoms with Crippen molar-refractivity contribution in [2.45, 2.75) is 25.2 Å². The van der Waals surface area contributed by atoms with E-state index in [1.165, 1.54) is 12.0 Å². The maximum Gasteiger partial charge on any atom is 0.252 e. The number of aliphatic imine (C=N–C) groups is 1. The molecule has 0 radical (unpaired) electrons. The minimum absolute atomic E-state index is 0.0840. The van der Waals surface area contributed by atoms with E-state index in [-0.39, 0.29) is 23.7 Å². The molecule has 0 saturated heterocycles. The normalized spacial score (nSPS) is 30.1. The fourth-order valence-corrected chi connectivity index (χ4v) is 4.15. The van der Waals surface area contributed by atoms with Gasteiger partial charge in [-0.3, -0.25) is 4.79 Å². The molecule has 4 atom stereocenters. The van der Waals surface area contributed by atoms with Crippen LogP contribution in [0.4, 0.5) is 0 Å². The molecule has 1 aromatic rings. The quantitative estimate of drug-likeness (QED) is 0.653. The van der Waals surface area contributed by atoms with Gasteiger partial charge in [-0.05, 0) is 54.7 Å². The van der Waals surface area contributed by atoms with Crippen LogP contribution in [0.15, 0.2) is 29.3 Å². The van der Waals surface area contributed by atoms with Gasteiger partial charge in [0.25, 0.3) is 5.91 Å². The van der Waals surface area contributed by atoms with Crippen molar-refractivity contribution in [3.05, 3.63) is 29.8 Å². The number of hydrogen-bond donors (Lipinski definition) is 2. The zero-order valence-corrected chi connectivity index (χ0v) is 12.2.